The van der Waals surface area contributed by atoms with Gasteiger partial charge in [-0.05, 0) is 17.7 Å². The number of ketones is 1. The third-order valence-electron chi connectivity index (χ3n) is 3.87. The molecule has 0 bridgehead atoms. The number of nitrogens with one attached hydrogen (secondary N) is 1. The van der Waals surface area contributed by atoms with Crippen LogP contribution in [0.5, 0.6) is 0 Å². The second-order valence-electron chi connectivity index (χ2n) is 5.84. The molecule has 0 aliphatic carbocycles. The summed E-state index contributed by atoms with van der Waals surface area (Å²) >= 11 is 0. The van der Waals surface area contributed by atoms with Crippen molar-refractivity contribution < 1.29 is 22.8 Å². The second-order valence-corrected chi connectivity index (χ2v) is 5.84. The first-order valence-electron chi connectivity index (χ1n) is 8.19. The predicted octanol–water partition coefficient (Wildman–Crippen LogP) is 3.50. The molecule has 0 saturated heterocycles. The lowest BCUT2D eigenvalue weighted by molar-refractivity contribution is -0.165. The highest BCUT2D eigenvalue weighted by Gasteiger charge is 2.36. The van der Waals surface area contributed by atoms with E-state index in [0.717, 1.165) is 11.8 Å². The van der Waals surface area contributed by atoms with Crippen molar-refractivity contribution in [3.8, 4) is 0 Å². The van der Waals surface area contributed by atoms with Crippen LogP contribution in [0.4, 0.5) is 18.9 Å². The van der Waals surface area contributed by atoms with Gasteiger partial charge in [0.05, 0.1) is 0 Å². The van der Waals surface area contributed by atoms with E-state index in [1.165, 1.54) is 4.90 Å². The molecular formula is C20H19F3N2O2. The van der Waals surface area contributed by atoms with Crippen LogP contribution in [-0.2, 0) is 16.0 Å². The first kappa shape index (κ1) is 20.2. The Bertz CT molecular complexity index is 790. The van der Waals surface area contributed by atoms with E-state index in [4.69, 9.17) is 0 Å². The molecule has 0 spiro atoms. The summed E-state index contributed by atoms with van der Waals surface area (Å²) in [6.45, 7) is 0. The van der Waals surface area contributed by atoms with Gasteiger partial charge in [-0.3, -0.25) is 9.59 Å². The van der Waals surface area contributed by atoms with E-state index in [0.29, 0.717) is 11.8 Å². The van der Waals surface area contributed by atoms with E-state index >= 15 is 0 Å². The maximum Gasteiger partial charge on any atom is 0.454 e. The number of hydrogen-bond acceptors (Lipinski definition) is 3. The van der Waals surface area contributed by atoms with Crippen molar-refractivity contribution in [1.82, 2.24) is 5.32 Å². The van der Waals surface area contributed by atoms with Gasteiger partial charge in [-0.25, -0.2) is 0 Å². The topological polar surface area (TPSA) is 49.4 Å². The number of halogens is 3. The lowest BCUT2D eigenvalue weighted by atomic mass is 10.0. The second kappa shape index (κ2) is 9.02. The van der Waals surface area contributed by atoms with Crippen molar-refractivity contribution in [2.24, 2.45) is 0 Å². The first-order valence-corrected chi connectivity index (χ1v) is 8.19. The van der Waals surface area contributed by atoms with E-state index in [1.807, 2.05) is 24.3 Å². The summed E-state index contributed by atoms with van der Waals surface area (Å²) in [6.07, 6.45) is -3.44. The monoisotopic (exact) mass is 376 g/mol. The molecule has 1 amide bonds. The number of para-hydroxylation sites is 1. The van der Waals surface area contributed by atoms with Crippen LogP contribution in [0.2, 0.25) is 0 Å². The van der Waals surface area contributed by atoms with E-state index in [9.17, 15) is 22.8 Å². The zero-order valence-corrected chi connectivity index (χ0v) is 14.6. The Kier molecular flexibility index (Phi) is 6.76. The number of benzene rings is 2. The molecule has 2 aromatic carbocycles. The summed E-state index contributed by atoms with van der Waals surface area (Å²) in [5, 5.41) is 2.63. The van der Waals surface area contributed by atoms with Gasteiger partial charge in [0, 0.05) is 31.4 Å². The van der Waals surface area contributed by atoms with Crippen molar-refractivity contribution >= 4 is 17.4 Å². The molecule has 4 nitrogen and oxygen atoms in total. The average molecular weight is 376 g/mol. The van der Waals surface area contributed by atoms with Gasteiger partial charge >= 0.3 is 6.18 Å². The summed E-state index contributed by atoms with van der Waals surface area (Å²) in [6, 6.07) is 17.1. The lowest BCUT2D eigenvalue weighted by Crippen LogP contribution is -2.44. The van der Waals surface area contributed by atoms with Crippen LogP contribution in [0, 0.1) is 0 Å². The summed E-state index contributed by atoms with van der Waals surface area (Å²) in [5.74, 6) is -2.33. The molecule has 0 saturated carbocycles. The molecule has 7 heteroatoms. The molecule has 1 N–H and O–H groups in total. The summed E-state index contributed by atoms with van der Waals surface area (Å²) in [5.41, 5.74) is 1.48. The molecule has 0 aliphatic rings. The molecule has 2 aromatic rings. The zero-order valence-electron chi connectivity index (χ0n) is 14.6. The van der Waals surface area contributed by atoms with Gasteiger partial charge in [0.15, 0.2) is 0 Å². The molecule has 0 heterocycles. The number of rotatable bonds is 7. The third-order valence-corrected chi connectivity index (χ3v) is 3.87. The van der Waals surface area contributed by atoms with Crippen LogP contribution >= 0.6 is 0 Å². The highest BCUT2D eigenvalue weighted by atomic mass is 19.4. The molecule has 142 valence electrons. The van der Waals surface area contributed by atoms with Gasteiger partial charge in [0.2, 0.25) is 5.91 Å². The van der Waals surface area contributed by atoms with Gasteiger partial charge in [-0.15, -0.1) is 0 Å². The molecule has 0 aromatic heterocycles. The van der Waals surface area contributed by atoms with Gasteiger partial charge in [-0.1, -0.05) is 48.5 Å². The molecule has 0 fully saturated rings. The van der Waals surface area contributed by atoms with Crippen LogP contribution in [-0.4, -0.2) is 31.0 Å². The Hall–Kier alpha value is -3.09. The molecular weight excluding hydrogens is 357 g/mol. The molecule has 1 atom stereocenters. The van der Waals surface area contributed by atoms with Crippen LogP contribution in [0.3, 0.4) is 0 Å². The number of carbonyl (C=O) groups is 2. The quantitative estimate of drug-likeness (QED) is 0.753. The van der Waals surface area contributed by atoms with Crippen molar-refractivity contribution in [2.75, 3.05) is 11.9 Å². The smallest absolute Gasteiger partial charge is 0.379 e. The Morgan fingerprint density at radius 1 is 1.04 bits per heavy atom. The Balaban J connectivity index is 2.17. The fourth-order valence-electron chi connectivity index (χ4n) is 2.41. The SMILES string of the molecule is CN(C(=O)C(Cc1ccccc1)N/C=C/C(=O)C(F)(F)F)c1ccccc1. The Morgan fingerprint density at radius 2 is 1.59 bits per heavy atom. The summed E-state index contributed by atoms with van der Waals surface area (Å²) in [4.78, 5) is 25.2. The van der Waals surface area contributed by atoms with Crippen molar-refractivity contribution in [3.05, 3.63) is 78.5 Å². The Labute approximate surface area is 155 Å². The molecule has 2 rings (SSSR count). The van der Waals surface area contributed by atoms with Gasteiger partial charge in [0.25, 0.3) is 5.78 Å². The third kappa shape index (κ3) is 5.99. The minimum atomic E-state index is -4.95. The molecule has 0 radical (unpaired) electrons. The maximum atomic E-state index is 12.8. The fraction of sp³-hybridized carbons (Fsp3) is 0.200. The van der Waals surface area contributed by atoms with Crippen molar-refractivity contribution in [2.45, 2.75) is 18.6 Å². The van der Waals surface area contributed by atoms with Gasteiger partial charge in [0.1, 0.15) is 6.04 Å². The molecule has 0 aliphatic heterocycles. The van der Waals surface area contributed by atoms with Crippen molar-refractivity contribution in [3.63, 3.8) is 0 Å². The minimum absolute atomic E-state index is 0.251. The average Bonchev–Trinajstić information content (AvgIpc) is 2.66. The largest absolute Gasteiger partial charge is 0.454 e. The fourth-order valence-corrected chi connectivity index (χ4v) is 2.41. The Morgan fingerprint density at radius 3 is 2.15 bits per heavy atom. The zero-order chi connectivity index (χ0) is 19.9. The lowest BCUT2D eigenvalue weighted by Gasteiger charge is -2.24. The van der Waals surface area contributed by atoms with Gasteiger partial charge in [-0.2, -0.15) is 13.2 Å². The molecule has 1 unspecified atom stereocenters. The summed E-state index contributed by atoms with van der Waals surface area (Å²) in [7, 11) is 1.59. The number of nitrogens with zero attached hydrogens (tertiary/aromatic N) is 1. The summed E-state index contributed by atoms with van der Waals surface area (Å²) < 4.78 is 37.0. The van der Waals surface area contributed by atoms with Crippen LogP contribution < -0.4 is 10.2 Å². The van der Waals surface area contributed by atoms with Crippen LogP contribution in [0.15, 0.2) is 72.9 Å². The van der Waals surface area contributed by atoms with E-state index in [-0.39, 0.29) is 12.3 Å². The van der Waals surface area contributed by atoms with Crippen LogP contribution in [0.25, 0.3) is 0 Å². The predicted molar refractivity (Wildman–Crippen MR) is 97.1 cm³/mol. The van der Waals surface area contributed by atoms with E-state index in [2.05, 4.69) is 5.32 Å². The van der Waals surface area contributed by atoms with E-state index < -0.39 is 18.0 Å². The highest BCUT2D eigenvalue weighted by molar-refractivity contribution is 5.97. The standard InChI is InChI=1S/C20H19F3N2O2/c1-25(16-10-6-3-7-11-16)19(27)17(14-15-8-4-2-5-9-15)24-13-12-18(26)20(21,22)23/h2-13,17,24H,14H2,1H3/b13-12+. The highest BCUT2D eigenvalue weighted by Crippen LogP contribution is 2.17. The first-order chi connectivity index (χ1) is 12.8. The van der Waals surface area contributed by atoms with Crippen molar-refractivity contribution in [1.29, 1.82) is 0 Å². The number of carbonyl (C=O) groups excluding carboxylic acids is 2. The molecule has 27 heavy (non-hydrogen) atoms. The van der Waals surface area contributed by atoms with Gasteiger partial charge < -0.3 is 10.2 Å². The number of hydrogen-bond donors (Lipinski definition) is 1. The normalized spacial score (nSPS) is 12.6. The maximum absolute atomic E-state index is 12.8. The number of anilines is 1. The number of allylic oxidation sites excluding steroid dienone is 1. The number of alkyl halides is 3. The minimum Gasteiger partial charge on any atom is -0.379 e. The number of likely N-dealkylation sites (N-methyl/N-ethyl adjacent to an activating group) is 1. The van der Waals surface area contributed by atoms with Crippen LogP contribution in [0.1, 0.15) is 5.56 Å². The number of amides is 1. The van der Waals surface area contributed by atoms with E-state index in [1.54, 1.807) is 43.4 Å².